The molecule has 0 aliphatic carbocycles. The van der Waals surface area contributed by atoms with Gasteiger partial charge in [0.2, 0.25) is 0 Å². The zero-order valence-electron chi connectivity index (χ0n) is 18.6. The highest BCUT2D eigenvalue weighted by molar-refractivity contribution is 6.10. The molecule has 0 radical (unpaired) electrons. The Morgan fingerprint density at radius 2 is 1.75 bits per heavy atom. The number of nitrogens with zero attached hydrogens (tertiary/aromatic N) is 1. The molecule has 3 aromatic rings. The summed E-state index contributed by atoms with van der Waals surface area (Å²) < 4.78 is 5.42. The summed E-state index contributed by atoms with van der Waals surface area (Å²) in [6.45, 7) is 6.80. The molecule has 1 aliphatic heterocycles. The van der Waals surface area contributed by atoms with Gasteiger partial charge in [0.1, 0.15) is 5.75 Å². The van der Waals surface area contributed by atoms with Crippen LogP contribution in [0.15, 0.2) is 66.7 Å². The van der Waals surface area contributed by atoms with Crippen LogP contribution in [-0.4, -0.2) is 23.4 Å². The average Bonchev–Trinajstić information content (AvgIpc) is 2.98. The zero-order chi connectivity index (χ0) is 22.9. The average molecular weight is 430 g/mol. The van der Waals surface area contributed by atoms with Gasteiger partial charge in [-0.05, 0) is 62.2 Å². The third-order valence-electron chi connectivity index (χ3n) is 5.97. The standard InChI is InChI=1S/C27H27NO4/c1-4-32-22-13-11-20(12-14-22)25(29)16-27(31)23-7-5-6-8-24(23)28(26(27)30)17-21-10-9-18(2)15-19(21)3/h5-15,31H,4,16-17H2,1-3H3/t27-/m1/s1. The molecule has 4 rings (SSSR count). The van der Waals surface area contributed by atoms with Crippen molar-refractivity contribution in [2.75, 3.05) is 11.5 Å². The number of fused-ring (bicyclic) bond motifs is 1. The lowest BCUT2D eigenvalue weighted by molar-refractivity contribution is -0.136. The molecule has 164 valence electrons. The molecule has 0 spiro atoms. The maximum atomic E-state index is 13.5. The Kier molecular flexibility index (Phi) is 5.85. The second-order valence-corrected chi connectivity index (χ2v) is 8.26. The third-order valence-corrected chi connectivity index (χ3v) is 5.97. The number of aryl methyl sites for hydroxylation is 2. The van der Waals surface area contributed by atoms with E-state index in [-0.39, 0.29) is 12.2 Å². The number of amides is 1. The van der Waals surface area contributed by atoms with E-state index in [4.69, 9.17) is 4.74 Å². The van der Waals surface area contributed by atoms with Crippen LogP contribution in [0.4, 0.5) is 5.69 Å². The van der Waals surface area contributed by atoms with E-state index in [2.05, 4.69) is 6.07 Å². The molecule has 1 aliphatic rings. The smallest absolute Gasteiger partial charge is 0.264 e. The molecule has 0 unspecified atom stereocenters. The normalized spacial score (nSPS) is 17.4. The van der Waals surface area contributed by atoms with Crippen LogP contribution in [0.2, 0.25) is 0 Å². The fourth-order valence-electron chi connectivity index (χ4n) is 4.27. The molecule has 32 heavy (non-hydrogen) atoms. The van der Waals surface area contributed by atoms with Crippen LogP contribution in [0.1, 0.15) is 46.0 Å². The van der Waals surface area contributed by atoms with Crippen LogP contribution in [0.25, 0.3) is 0 Å². The number of Topliss-reactive ketones (excluding diaryl/α,β-unsaturated/α-hetero) is 1. The van der Waals surface area contributed by atoms with E-state index in [9.17, 15) is 14.7 Å². The van der Waals surface area contributed by atoms with Crippen LogP contribution in [0.5, 0.6) is 5.75 Å². The molecule has 0 bridgehead atoms. The summed E-state index contributed by atoms with van der Waals surface area (Å²) in [6, 6.07) is 20.0. The lowest BCUT2D eigenvalue weighted by Crippen LogP contribution is -2.41. The predicted molar refractivity (Wildman–Crippen MR) is 124 cm³/mol. The molecular weight excluding hydrogens is 402 g/mol. The number of ketones is 1. The second kappa shape index (κ2) is 8.60. The molecule has 0 fully saturated rings. The summed E-state index contributed by atoms with van der Waals surface area (Å²) in [5, 5.41) is 11.5. The van der Waals surface area contributed by atoms with E-state index >= 15 is 0 Å². The SMILES string of the molecule is CCOc1ccc(C(=O)C[C@]2(O)C(=O)N(Cc3ccc(C)cc3C)c3ccccc32)cc1. The van der Waals surface area contributed by atoms with Crippen molar-refractivity contribution in [2.45, 2.75) is 39.3 Å². The Morgan fingerprint density at radius 1 is 1.03 bits per heavy atom. The first-order valence-electron chi connectivity index (χ1n) is 10.8. The van der Waals surface area contributed by atoms with Gasteiger partial charge in [-0.2, -0.15) is 0 Å². The summed E-state index contributed by atoms with van der Waals surface area (Å²) in [5.74, 6) is -0.102. The van der Waals surface area contributed by atoms with Crippen molar-refractivity contribution in [2.24, 2.45) is 0 Å². The van der Waals surface area contributed by atoms with Gasteiger partial charge in [-0.25, -0.2) is 0 Å². The lowest BCUT2D eigenvalue weighted by Gasteiger charge is -2.23. The molecule has 1 N–H and O–H groups in total. The lowest BCUT2D eigenvalue weighted by atomic mass is 9.88. The number of hydrogen-bond donors (Lipinski definition) is 1. The van der Waals surface area contributed by atoms with Crippen molar-refractivity contribution in [3.63, 3.8) is 0 Å². The molecule has 1 heterocycles. The molecule has 0 saturated carbocycles. The number of aliphatic hydroxyl groups is 1. The molecule has 1 atom stereocenters. The van der Waals surface area contributed by atoms with Gasteiger partial charge in [-0.1, -0.05) is 42.0 Å². The molecule has 0 saturated heterocycles. The van der Waals surface area contributed by atoms with Gasteiger partial charge in [0.25, 0.3) is 5.91 Å². The largest absolute Gasteiger partial charge is 0.494 e. The van der Waals surface area contributed by atoms with Crippen molar-refractivity contribution in [1.82, 2.24) is 0 Å². The molecular formula is C27H27NO4. The number of para-hydroxylation sites is 1. The zero-order valence-corrected chi connectivity index (χ0v) is 18.6. The van der Waals surface area contributed by atoms with Crippen molar-refractivity contribution in [3.8, 4) is 5.75 Å². The predicted octanol–water partition coefficient (Wildman–Crippen LogP) is 4.71. The molecule has 1 amide bonds. The van der Waals surface area contributed by atoms with E-state index < -0.39 is 11.5 Å². The fourth-order valence-corrected chi connectivity index (χ4v) is 4.27. The number of carbonyl (C=O) groups is 2. The summed E-state index contributed by atoms with van der Waals surface area (Å²) in [4.78, 5) is 28.1. The first kappa shape index (κ1) is 21.8. The van der Waals surface area contributed by atoms with Crippen LogP contribution >= 0.6 is 0 Å². The van der Waals surface area contributed by atoms with Gasteiger partial charge in [-0.3, -0.25) is 9.59 Å². The van der Waals surface area contributed by atoms with Crippen LogP contribution < -0.4 is 9.64 Å². The number of ether oxygens (including phenoxy) is 1. The topological polar surface area (TPSA) is 66.8 Å². The summed E-state index contributed by atoms with van der Waals surface area (Å²) in [6.07, 6.45) is -0.319. The van der Waals surface area contributed by atoms with E-state index in [1.54, 1.807) is 41.3 Å². The Hall–Kier alpha value is -3.44. The molecule has 0 aromatic heterocycles. The maximum Gasteiger partial charge on any atom is 0.264 e. The van der Waals surface area contributed by atoms with Crippen molar-refractivity contribution >= 4 is 17.4 Å². The highest BCUT2D eigenvalue weighted by atomic mass is 16.5. The van der Waals surface area contributed by atoms with E-state index in [1.807, 2.05) is 45.0 Å². The van der Waals surface area contributed by atoms with Crippen LogP contribution in [0, 0.1) is 13.8 Å². The highest BCUT2D eigenvalue weighted by Gasteiger charge is 2.50. The van der Waals surface area contributed by atoms with Crippen molar-refractivity contribution < 1.29 is 19.4 Å². The number of carbonyl (C=O) groups excluding carboxylic acids is 2. The van der Waals surface area contributed by atoms with Gasteiger partial charge in [0, 0.05) is 11.1 Å². The van der Waals surface area contributed by atoms with E-state index in [0.717, 1.165) is 16.7 Å². The van der Waals surface area contributed by atoms with Gasteiger partial charge >= 0.3 is 0 Å². The first-order valence-corrected chi connectivity index (χ1v) is 10.8. The first-order chi connectivity index (χ1) is 15.3. The van der Waals surface area contributed by atoms with E-state index in [0.29, 0.717) is 35.7 Å². The van der Waals surface area contributed by atoms with Crippen molar-refractivity contribution in [1.29, 1.82) is 0 Å². The van der Waals surface area contributed by atoms with Crippen LogP contribution in [0.3, 0.4) is 0 Å². The maximum absolute atomic E-state index is 13.5. The fraction of sp³-hybridized carbons (Fsp3) is 0.259. The molecule has 5 heteroatoms. The minimum Gasteiger partial charge on any atom is -0.494 e. The Balaban J connectivity index is 1.63. The third kappa shape index (κ3) is 3.92. The van der Waals surface area contributed by atoms with Gasteiger partial charge < -0.3 is 14.7 Å². The molecule has 3 aromatic carbocycles. The quantitative estimate of drug-likeness (QED) is 0.553. The summed E-state index contributed by atoms with van der Waals surface area (Å²) >= 11 is 0. The number of benzene rings is 3. The summed E-state index contributed by atoms with van der Waals surface area (Å²) in [5.41, 5.74) is 2.87. The Bertz CT molecular complexity index is 1170. The Labute approximate surface area is 188 Å². The van der Waals surface area contributed by atoms with Crippen molar-refractivity contribution in [3.05, 3.63) is 94.5 Å². The number of hydrogen-bond acceptors (Lipinski definition) is 4. The molecule has 5 nitrogen and oxygen atoms in total. The number of rotatable bonds is 7. The highest BCUT2D eigenvalue weighted by Crippen LogP contribution is 2.43. The van der Waals surface area contributed by atoms with Gasteiger partial charge in [-0.15, -0.1) is 0 Å². The van der Waals surface area contributed by atoms with Crippen LogP contribution in [-0.2, 0) is 16.9 Å². The number of anilines is 1. The van der Waals surface area contributed by atoms with Gasteiger partial charge in [0.15, 0.2) is 11.4 Å². The second-order valence-electron chi connectivity index (χ2n) is 8.26. The monoisotopic (exact) mass is 429 g/mol. The minimum atomic E-state index is -1.90. The van der Waals surface area contributed by atoms with Gasteiger partial charge in [0.05, 0.1) is 25.3 Å². The Morgan fingerprint density at radius 3 is 2.44 bits per heavy atom. The minimum absolute atomic E-state index is 0.299. The van der Waals surface area contributed by atoms with E-state index in [1.165, 1.54) is 0 Å². The summed E-state index contributed by atoms with van der Waals surface area (Å²) in [7, 11) is 0.